The molecule has 0 atom stereocenters. The molecule has 0 aliphatic heterocycles. The van der Waals surface area contributed by atoms with Crippen molar-refractivity contribution in [2.75, 3.05) is 0 Å². The van der Waals surface area contributed by atoms with Gasteiger partial charge in [0, 0.05) is 9.75 Å². The maximum absolute atomic E-state index is 12.4. The van der Waals surface area contributed by atoms with E-state index in [9.17, 15) is 4.79 Å². The molecule has 3 rings (SSSR count). The monoisotopic (exact) mass is 350 g/mol. The molecule has 0 aliphatic carbocycles. The quantitative estimate of drug-likeness (QED) is 0.529. The topological polar surface area (TPSA) is 50.7 Å². The van der Waals surface area contributed by atoms with Crippen LogP contribution in [0.3, 0.4) is 0 Å². The summed E-state index contributed by atoms with van der Waals surface area (Å²) in [5.74, 6) is 0.235. The molecule has 2 aromatic carbocycles. The molecule has 5 heteroatoms. The second kappa shape index (κ2) is 8.26. The first-order valence-electron chi connectivity index (χ1n) is 7.88. The van der Waals surface area contributed by atoms with E-state index in [0.29, 0.717) is 17.9 Å². The van der Waals surface area contributed by atoms with Gasteiger partial charge in [0.1, 0.15) is 12.4 Å². The standard InChI is InChI=1S/C20H18N2O2S/c1-15-11-12-17(25-15)13-21-22-20(23)18-9-5-6-10-19(18)24-14-16-7-3-2-4-8-16/h2-13H,14H2,1H3,(H,22,23)/b21-13-. The Kier molecular flexibility index (Phi) is 5.59. The minimum absolute atomic E-state index is 0.298. The summed E-state index contributed by atoms with van der Waals surface area (Å²) in [4.78, 5) is 14.6. The molecule has 1 amide bonds. The minimum atomic E-state index is -0.298. The zero-order valence-corrected chi connectivity index (χ0v) is 14.6. The van der Waals surface area contributed by atoms with Crippen molar-refractivity contribution >= 4 is 23.5 Å². The van der Waals surface area contributed by atoms with E-state index >= 15 is 0 Å². The third kappa shape index (κ3) is 4.78. The average Bonchev–Trinajstić information content (AvgIpc) is 3.06. The van der Waals surface area contributed by atoms with Crippen LogP contribution in [0.5, 0.6) is 5.75 Å². The smallest absolute Gasteiger partial charge is 0.275 e. The van der Waals surface area contributed by atoms with Gasteiger partial charge in [0.2, 0.25) is 0 Å². The van der Waals surface area contributed by atoms with Crippen LogP contribution in [0, 0.1) is 6.92 Å². The summed E-state index contributed by atoms with van der Waals surface area (Å²) in [6.07, 6.45) is 1.64. The normalized spacial score (nSPS) is 10.8. The highest BCUT2D eigenvalue weighted by Gasteiger charge is 2.11. The summed E-state index contributed by atoms with van der Waals surface area (Å²) in [6.45, 7) is 2.43. The van der Waals surface area contributed by atoms with Gasteiger partial charge in [-0.05, 0) is 36.8 Å². The average molecular weight is 350 g/mol. The van der Waals surface area contributed by atoms with Crippen LogP contribution in [0.4, 0.5) is 0 Å². The van der Waals surface area contributed by atoms with Crippen LogP contribution in [-0.2, 0) is 6.61 Å². The van der Waals surface area contributed by atoms with E-state index in [-0.39, 0.29) is 5.91 Å². The fraction of sp³-hybridized carbons (Fsp3) is 0.100. The van der Waals surface area contributed by atoms with E-state index in [0.717, 1.165) is 10.4 Å². The van der Waals surface area contributed by atoms with Crippen molar-refractivity contribution < 1.29 is 9.53 Å². The number of rotatable bonds is 6. The van der Waals surface area contributed by atoms with E-state index in [1.807, 2.05) is 55.5 Å². The lowest BCUT2D eigenvalue weighted by atomic mass is 10.2. The van der Waals surface area contributed by atoms with Crippen molar-refractivity contribution in [3.63, 3.8) is 0 Å². The molecule has 25 heavy (non-hydrogen) atoms. The molecule has 0 saturated heterocycles. The molecule has 0 spiro atoms. The van der Waals surface area contributed by atoms with Crippen molar-refractivity contribution in [1.82, 2.24) is 5.43 Å². The third-order valence-corrected chi connectivity index (χ3v) is 4.42. The van der Waals surface area contributed by atoms with E-state index in [2.05, 4.69) is 10.5 Å². The Morgan fingerprint density at radius 3 is 2.60 bits per heavy atom. The van der Waals surface area contributed by atoms with Crippen molar-refractivity contribution in [3.05, 3.63) is 87.6 Å². The van der Waals surface area contributed by atoms with Crippen molar-refractivity contribution in [1.29, 1.82) is 0 Å². The zero-order valence-electron chi connectivity index (χ0n) is 13.8. The molecular weight excluding hydrogens is 332 g/mol. The minimum Gasteiger partial charge on any atom is -0.488 e. The molecule has 0 radical (unpaired) electrons. The molecule has 1 heterocycles. The first-order valence-corrected chi connectivity index (χ1v) is 8.69. The summed E-state index contributed by atoms with van der Waals surface area (Å²) in [5, 5.41) is 4.02. The van der Waals surface area contributed by atoms with E-state index in [4.69, 9.17) is 4.74 Å². The number of hydrogen-bond acceptors (Lipinski definition) is 4. The molecule has 126 valence electrons. The zero-order chi connectivity index (χ0) is 17.5. The van der Waals surface area contributed by atoms with Crippen LogP contribution in [0.1, 0.15) is 25.7 Å². The van der Waals surface area contributed by atoms with Crippen molar-refractivity contribution in [3.8, 4) is 5.75 Å². The molecule has 1 N–H and O–H groups in total. The van der Waals surface area contributed by atoms with Crippen LogP contribution in [-0.4, -0.2) is 12.1 Å². The highest BCUT2D eigenvalue weighted by molar-refractivity contribution is 7.13. The second-order valence-corrected chi connectivity index (χ2v) is 6.74. The van der Waals surface area contributed by atoms with E-state index in [1.165, 1.54) is 4.88 Å². The predicted molar refractivity (Wildman–Crippen MR) is 101 cm³/mol. The molecule has 0 bridgehead atoms. The van der Waals surface area contributed by atoms with Crippen LogP contribution in [0.15, 0.2) is 71.8 Å². The van der Waals surface area contributed by atoms with Gasteiger partial charge in [-0.1, -0.05) is 42.5 Å². The fourth-order valence-electron chi connectivity index (χ4n) is 2.25. The van der Waals surface area contributed by atoms with Crippen LogP contribution >= 0.6 is 11.3 Å². The Hall–Kier alpha value is -2.92. The van der Waals surface area contributed by atoms with Gasteiger partial charge in [-0.15, -0.1) is 11.3 Å². The van der Waals surface area contributed by atoms with Gasteiger partial charge in [-0.25, -0.2) is 5.43 Å². The molecule has 3 aromatic rings. The van der Waals surface area contributed by atoms with Crippen LogP contribution in [0.2, 0.25) is 0 Å². The number of para-hydroxylation sites is 1. The molecule has 1 aromatic heterocycles. The molecule has 0 unspecified atom stereocenters. The van der Waals surface area contributed by atoms with Gasteiger partial charge in [-0.2, -0.15) is 5.10 Å². The maximum atomic E-state index is 12.4. The summed E-state index contributed by atoms with van der Waals surface area (Å²) >= 11 is 1.62. The number of ether oxygens (including phenoxy) is 1. The number of carbonyl (C=O) groups is 1. The van der Waals surface area contributed by atoms with Gasteiger partial charge >= 0.3 is 0 Å². The summed E-state index contributed by atoms with van der Waals surface area (Å²) in [7, 11) is 0. The van der Waals surface area contributed by atoms with E-state index < -0.39 is 0 Å². The lowest BCUT2D eigenvalue weighted by molar-refractivity contribution is 0.0950. The lowest BCUT2D eigenvalue weighted by Crippen LogP contribution is -2.18. The Labute approximate surface area is 150 Å². The predicted octanol–water partition coefficient (Wildman–Crippen LogP) is 4.40. The largest absolute Gasteiger partial charge is 0.488 e. The van der Waals surface area contributed by atoms with Crippen LogP contribution < -0.4 is 10.2 Å². The highest BCUT2D eigenvalue weighted by Crippen LogP contribution is 2.19. The first-order chi connectivity index (χ1) is 12.2. The molecular formula is C20H18N2O2S. The molecule has 0 saturated carbocycles. The van der Waals surface area contributed by atoms with E-state index in [1.54, 1.807) is 35.8 Å². The Morgan fingerprint density at radius 2 is 1.84 bits per heavy atom. The molecule has 4 nitrogen and oxygen atoms in total. The number of nitrogens with one attached hydrogen (secondary N) is 1. The van der Waals surface area contributed by atoms with Gasteiger partial charge in [-0.3, -0.25) is 4.79 Å². The van der Waals surface area contributed by atoms with Crippen molar-refractivity contribution in [2.24, 2.45) is 5.10 Å². The van der Waals surface area contributed by atoms with Gasteiger partial charge in [0.25, 0.3) is 5.91 Å². The Bertz CT molecular complexity index is 872. The number of hydrogen-bond donors (Lipinski definition) is 1. The van der Waals surface area contributed by atoms with Gasteiger partial charge in [0.15, 0.2) is 0 Å². The molecule has 0 aliphatic rings. The van der Waals surface area contributed by atoms with Crippen molar-refractivity contribution in [2.45, 2.75) is 13.5 Å². The highest BCUT2D eigenvalue weighted by atomic mass is 32.1. The summed E-state index contributed by atoms with van der Waals surface area (Å²) in [6, 6.07) is 21.0. The van der Waals surface area contributed by atoms with Gasteiger partial charge in [0.05, 0.1) is 11.8 Å². The Balaban J connectivity index is 1.65. The Morgan fingerprint density at radius 1 is 1.08 bits per heavy atom. The summed E-state index contributed by atoms with van der Waals surface area (Å²) in [5.41, 5.74) is 4.05. The number of amides is 1. The van der Waals surface area contributed by atoms with Gasteiger partial charge < -0.3 is 4.74 Å². The number of hydrazone groups is 1. The second-order valence-electron chi connectivity index (χ2n) is 5.42. The third-order valence-electron chi connectivity index (χ3n) is 3.49. The first kappa shape index (κ1) is 16.9. The molecule has 0 fully saturated rings. The van der Waals surface area contributed by atoms with Crippen LogP contribution in [0.25, 0.3) is 0 Å². The lowest BCUT2D eigenvalue weighted by Gasteiger charge is -2.10. The SMILES string of the molecule is Cc1ccc(/C=N\NC(=O)c2ccccc2OCc2ccccc2)s1. The summed E-state index contributed by atoms with van der Waals surface area (Å²) < 4.78 is 5.80. The fourth-order valence-corrected chi connectivity index (χ4v) is 3.00. The number of aryl methyl sites for hydroxylation is 1. The number of thiophene rings is 1. The number of carbonyl (C=O) groups excluding carboxylic acids is 1. The number of nitrogens with zero attached hydrogens (tertiary/aromatic N) is 1. The maximum Gasteiger partial charge on any atom is 0.275 e. The number of benzene rings is 2.